The number of anilines is 1. The first-order valence-corrected chi connectivity index (χ1v) is 11.2. The molecule has 0 unspecified atom stereocenters. The number of carbonyl (C=O) groups excluding carboxylic acids is 3. The molecule has 8 nitrogen and oxygen atoms in total. The molecule has 3 amide bonds. The molecule has 0 atom stereocenters. The van der Waals surface area contributed by atoms with Gasteiger partial charge in [-0.1, -0.05) is 18.2 Å². The van der Waals surface area contributed by atoms with Crippen molar-refractivity contribution in [3.63, 3.8) is 0 Å². The fourth-order valence-electron chi connectivity index (χ4n) is 2.98. The highest BCUT2D eigenvalue weighted by Gasteiger charge is 2.13. The molecule has 176 valence electrons. The second-order valence-corrected chi connectivity index (χ2v) is 8.10. The number of hydrazine groups is 1. The van der Waals surface area contributed by atoms with Gasteiger partial charge in [0, 0.05) is 29.5 Å². The van der Waals surface area contributed by atoms with Gasteiger partial charge in [-0.25, -0.2) is 0 Å². The van der Waals surface area contributed by atoms with E-state index >= 15 is 0 Å². The summed E-state index contributed by atoms with van der Waals surface area (Å²) < 4.78 is 11.1. The summed E-state index contributed by atoms with van der Waals surface area (Å²) in [6.45, 7) is 2.69. The van der Waals surface area contributed by atoms with Crippen molar-refractivity contribution in [2.24, 2.45) is 0 Å². The Balaban J connectivity index is 1.53. The molecule has 3 N–H and O–H groups in total. The van der Waals surface area contributed by atoms with Gasteiger partial charge in [-0.2, -0.15) is 0 Å². The molecule has 0 heterocycles. The largest absolute Gasteiger partial charge is 0.490 e. The average molecular weight is 526 g/mol. The number of carbonyl (C=O) groups is 3. The molecular weight excluding hydrogens is 502 g/mol. The molecule has 0 aliphatic carbocycles. The first-order valence-electron chi connectivity index (χ1n) is 10.4. The van der Waals surface area contributed by atoms with E-state index in [0.29, 0.717) is 45.8 Å². The lowest BCUT2D eigenvalue weighted by atomic mass is 10.1. The Labute approximate surface area is 205 Å². The average Bonchev–Trinajstić information content (AvgIpc) is 2.84. The predicted octanol–water partition coefficient (Wildman–Crippen LogP) is 4.11. The molecule has 0 radical (unpaired) electrons. The van der Waals surface area contributed by atoms with Crippen molar-refractivity contribution in [2.75, 3.05) is 25.6 Å². The van der Waals surface area contributed by atoms with Crippen LogP contribution in [-0.4, -0.2) is 38.0 Å². The first kappa shape index (κ1) is 24.9. The number of amides is 3. The third kappa shape index (κ3) is 6.66. The Morgan fingerprint density at radius 2 is 1.47 bits per heavy atom. The van der Waals surface area contributed by atoms with E-state index in [1.54, 1.807) is 61.7 Å². The van der Waals surface area contributed by atoms with Crippen LogP contribution in [0.2, 0.25) is 0 Å². The zero-order valence-corrected chi connectivity index (χ0v) is 20.3. The number of rotatable bonds is 8. The topological polar surface area (TPSA) is 106 Å². The standard InChI is InChI=1S/C25H24BrN3O5/c1-16-5-3-4-6-20(16)25(32)27-19-10-7-17(8-11-19)23(30)28-29-24(31)18-9-12-22(21(26)15-18)34-14-13-33-2/h3-12,15H,13-14H2,1-2H3,(H,27,32)(H,28,30)(H,29,31). The third-order valence-electron chi connectivity index (χ3n) is 4.82. The van der Waals surface area contributed by atoms with Crippen LogP contribution < -0.4 is 20.9 Å². The highest BCUT2D eigenvalue weighted by Crippen LogP contribution is 2.26. The number of aryl methyl sites for hydroxylation is 1. The van der Waals surface area contributed by atoms with Crippen LogP contribution in [-0.2, 0) is 4.74 Å². The molecule has 34 heavy (non-hydrogen) atoms. The monoisotopic (exact) mass is 525 g/mol. The second kappa shape index (κ2) is 12.0. The minimum absolute atomic E-state index is 0.233. The van der Waals surface area contributed by atoms with Crippen molar-refractivity contribution in [2.45, 2.75) is 6.92 Å². The van der Waals surface area contributed by atoms with Gasteiger partial charge in [0.1, 0.15) is 12.4 Å². The van der Waals surface area contributed by atoms with E-state index in [0.717, 1.165) is 5.56 Å². The van der Waals surface area contributed by atoms with Crippen molar-refractivity contribution in [3.05, 3.63) is 93.5 Å². The molecule has 0 aliphatic heterocycles. The zero-order valence-electron chi connectivity index (χ0n) is 18.7. The lowest BCUT2D eigenvalue weighted by Crippen LogP contribution is -2.41. The van der Waals surface area contributed by atoms with Gasteiger partial charge < -0.3 is 14.8 Å². The fourth-order valence-corrected chi connectivity index (χ4v) is 3.48. The molecule has 3 aromatic rings. The number of methoxy groups -OCH3 is 1. The Bertz CT molecular complexity index is 1180. The van der Waals surface area contributed by atoms with E-state index in [9.17, 15) is 14.4 Å². The van der Waals surface area contributed by atoms with Gasteiger partial charge in [-0.05, 0) is 76.9 Å². The zero-order chi connectivity index (χ0) is 24.5. The van der Waals surface area contributed by atoms with Crippen molar-refractivity contribution in [1.82, 2.24) is 10.9 Å². The van der Waals surface area contributed by atoms with Crippen LogP contribution in [0.5, 0.6) is 5.75 Å². The van der Waals surface area contributed by atoms with Crippen LogP contribution in [0, 0.1) is 6.92 Å². The molecule has 0 saturated heterocycles. The maximum Gasteiger partial charge on any atom is 0.269 e. The van der Waals surface area contributed by atoms with Gasteiger partial charge in [0.2, 0.25) is 0 Å². The molecule has 9 heteroatoms. The Hall–Kier alpha value is -3.69. The normalized spacial score (nSPS) is 10.3. The van der Waals surface area contributed by atoms with Crippen molar-refractivity contribution in [3.8, 4) is 5.75 Å². The summed E-state index contributed by atoms with van der Waals surface area (Å²) in [5.74, 6) is -0.639. The highest BCUT2D eigenvalue weighted by molar-refractivity contribution is 9.10. The summed E-state index contributed by atoms with van der Waals surface area (Å²) in [7, 11) is 1.58. The number of halogens is 1. The maximum absolute atomic E-state index is 12.4. The number of hydrogen-bond acceptors (Lipinski definition) is 5. The second-order valence-electron chi connectivity index (χ2n) is 7.24. The van der Waals surface area contributed by atoms with Gasteiger partial charge in [-0.3, -0.25) is 25.2 Å². The van der Waals surface area contributed by atoms with E-state index in [1.165, 1.54) is 0 Å². The van der Waals surface area contributed by atoms with Crippen LogP contribution in [0.15, 0.2) is 71.2 Å². The van der Waals surface area contributed by atoms with Crippen molar-refractivity contribution < 1.29 is 23.9 Å². The number of hydrogen-bond donors (Lipinski definition) is 3. The minimum Gasteiger partial charge on any atom is -0.490 e. The summed E-state index contributed by atoms with van der Waals surface area (Å²) in [5.41, 5.74) is 7.40. The Kier molecular flexibility index (Phi) is 8.78. The lowest BCUT2D eigenvalue weighted by molar-refractivity contribution is 0.0846. The van der Waals surface area contributed by atoms with Gasteiger partial charge in [0.05, 0.1) is 11.1 Å². The van der Waals surface area contributed by atoms with E-state index in [-0.39, 0.29) is 5.91 Å². The van der Waals surface area contributed by atoms with Crippen LogP contribution in [0.3, 0.4) is 0 Å². The summed E-state index contributed by atoms with van der Waals surface area (Å²) in [5, 5.41) is 2.80. The molecule has 0 aromatic heterocycles. The van der Waals surface area contributed by atoms with Gasteiger partial charge in [0.15, 0.2) is 0 Å². The van der Waals surface area contributed by atoms with E-state index in [2.05, 4.69) is 32.1 Å². The van der Waals surface area contributed by atoms with Gasteiger partial charge >= 0.3 is 0 Å². The smallest absolute Gasteiger partial charge is 0.269 e. The summed E-state index contributed by atoms with van der Waals surface area (Å²) in [6.07, 6.45) is 0. The molecule has 3 aromatic carbocycles. The molecule has 0 aliphatic rings. The van der Waals surface area contributed by atoms with E-state index in [1.807, 2.05) is 19.1 Å². The minimum atomic E-state index is -0.497. The lowest BCUT2D eigenvalue weighted by Gasteiger charge is -2.11. The van der Waals surface area contributed by atoms with E-state index < -0.39 is 11.8 Å². The number of benzene rings is 3. The fraction of sp³-hybridized carbons (Fsp3) is 0.160. The molecular formula is C25H24BrN3O5. The highest BCUT2D eigenvalue weighted by atomic mass is 79.9. The van der Waals surface area contributed by atoms with Crippen LogP contribution in [0.25, 0.3) is 0 Å². The summed E-state index contributed by atoms with van der Waals surface area (Å²) >= 11 is 3.36. The SMILES string of the molecule is COCCOc1ccc(C(=O)NNC(=O)c2ccc(NC(=O)c3ccccc3C)cc2)cc1Br. The van der Waals surface area contributed by atoms with Crippen molar-refractivity contribution >= 4 is 39.3 Å². The van der Waals surface area contributed by atoms with E-state index in [4.69, 9.17) is 9.47 Å². The number of ether oxygens (including phenoxy) is 2. The predicted molar refractivity (Wildman–Crippen MR) is 132 cm³/mol. The van der Waals surface area contributed by atoms with Crippen LogP contribution in [0.4, 0.5) is 5.69 Å². The summed E-state index contributed by atoms with van der Waals surface area (Å²) in [6, 6.07) is 18.4. The number of nitrogens with one attached hydrogen (secondary N) is 3. The molecule has 0 spiro atoms. The van der Waals surface area contributed by atoms with Gasteiger partial charge in [0.25, 0.3) is 17.7 Å². The van der Waals surface area contributed by atoms with Gasteiger partial charge in [-0.15, -0.1) is 0 Å². The quantitative estimate of drug-likeness (QED) is 0.303. The molecule has 0 bridgehead atoms. The van der Waals surface area contributed by atoms with Crippen molar-refractivity contribution in [1.29, 1.82) is 0 Å². The molecule has 0 fully saturated rings. The first-order chi connectivity index (χ1) is 16.4. The molecule has 0 saturated carbocycles. The Morgan fingerprint density at radius 1 is 0.824 bits per heavy atom. The maximum atomic E-state index is 12.4. The van der Waals surface area contributed by atoms with Crippen LogP contribution >= 0.6 is 15.9 Å². The Morgan fingerprint density at radius 3 is 2.12 bits per heavy atom. The summed E-state index contributed by atoms with van der Waals surface area (Å²) in [4.78, 5) is 37.2. The molecule has 3 rings (SSSR count). The van der Waals surface area contributed by atoms with Crippen LogP contribution in [0.1, 0.15) is 36.6 Å². The third-order valence-corrected chi connectivity index (χ3v) is 5.44.